The van der Waals surface area contributed by atoms with Crippen molar-refractivity contribution in [2.75, 3.05) is 5.32 Å². The van der Waals surface area contributed by atoms with Gasteiger partial charge in [-0.2, -0.15) is 0 Å². The van der Waals surface area contributed by atoms with Crippen molar-refractivity contribution in [2.24, 2.45) is 5.92 Å². The van der Waals surface area contributed by atoms with Gasteiger partial charge in [0.15, 0.2) is 0 Å². The largest absolute Gasteiger partial charge is 0.458 e. The molecule has 1 aliphatic heterocycles. The average molecular weight is 299 g/mol. The van der Waals surface area contributed by atoms with Gasteiger partial charge in [-0.15, -0.1) is 0 Å². The lowest BCUT2D eigenvalue weighted by Crippen LogP contribution is -2.45. The number of fused-ring (bicyclic) bond motifs is 3. The van der Waals surface area contributed by atoms with E-state index >= 15 is 0 Å². The summed E-state index contributed by atoms with van der Waals surface area (Å²) in [4.78, 5) is 12.6. The summed E-state index contributed by atoms with van der Waals surface area (Å²) < 4.78 is 5.64. The van der Waals surface area contributed by atoms with Crippen LogP contribution in [-0.4, -0.2) is 17.6 Å². The maximum Gasteiger partial charge on any atom is 0.329 e. The van der Waals surface area contributed by atoms with Gasteiger partial charge in [0.25, 0.3) is 0 Å². The summed E-state index contributed by atoms with van der Waals surface area (Å²) in [7, 11) is 0. The molecule has 0 fully saturated rings. The maximum atomic E-state index is 12.6. The number of esters is 1. The van der Waals surface area contributed by atoms with Crippen LogP contribution in [0, 0.1) is 19.8 Å². The summed E-state index contributed by atoms with van der Waals surface area (Å²) in [6.45, 7) is 9.98. The first-order valence-electron chi connectivity index (χ1n) is 8.04. The molecule has 3 atom stereocenters. The summed E-state index contributed by atoms with van der Waals surface area (Å²) in [5.41, 5.74) is 4.44. The van der Waals surface area contributed by atoms with Crippen LogP contribution >= 0.6 is 0 Å². The van der Waals surface area contributed by atoms with Crippen LogP contribution in [0.4, 0.5) is 5.69 Å². The van der Waals surface area contributed by atoms with Gasteiger partial charge in [-0.05, 0) is 57.7 Å². The lowest BCUT2D eigenvalue weighted by atomic mass is 9.78. The van der Waals surface area contributed by atoms with Crippen LogP contribution < -0.4 is 5.32 Å². The highest BCUT2D eigenvalue weighted by Crippen LogP contribution is 2.46. The monoisotopic (exact) mass is 299 g/mol. The zero-order valence-corrected chi connectivity index (χ0v) is 14.1. The molecule has 1 N–H and O–H groups in total. The number of nitrogens with one attached hydrogen (secondary N) is 1. The minimum Gasteiger partial charge on any atom is -0.458 e. The van der Waals surface area contributed by atoms with E-state index in [0.29, 0.717) is 5.92 Å². The first-order chi connectivity index (χ1) is 10.3. The molecule has 1 aromatic carbocycles. The molecule has 3 heteroatoms. The summed E-state index contributed by atoms with van der Waals surface area (Å²) >= 11 is 0. The van der Waals surface area contributed by atoms with Gasteiger partial charge in [-0.25, -0.2) is 4.79 Å². The van der Waals surface area contributed by atoms with Gasteiger partial charge in [-0.3, -0.25) is 0 Å². The van der Waals surface area contributed by atoms with Crippen molar-refractivity contribution in [2.45, 2.75) is 58.6 Å². The quantitative estimate of drug-likeness (QED) is 0.627. The number of benzene rings is 1. The highest BCUT2D eigenvalue weighted by molar-refractivity contribution is 5.83. The highest BCUT2D eigenvalue weighted by Gasteiger charge is 2.42. The number of rotatable bonds is 1. The zero-order valence-electron chi connectivity index (χ0n) is 14.1. The first kappa shape index (κ1) is 15.1. The van der Waals surface area contributed by atoms with E-state index in [2.05, 4.69) is 43.4 Å². The zero-order chi connectivity index (χ0) is 16.1. The molecule has 1 heterocycles. The SMILES string of the molecule is Cc1ccc2c(c1C)N[C@H](C(=O)OC(C)(C)C)[C@@H]1CC=C[C@H]21. The van der Waals surface area contributed by atoms with Crippen LogP contribution in [0.15, 0.2) is 24.3 Å². The Morgan fingerprint density at radius 1 is 1.27 bits per heavy atom. The van der Waals surface area contributed by atoms with Crippen LogP contribution in [0.25, 0.3) is 0 Å². The summed E-state index contributed by atoms with van der Waals surface area (Å²) in [5, 5.41) is 3.49. The van der Waals surface area contributed by atoms with Crippen LogP contribution in [0.2, 0.25) is 0 Å². The number of anilines is 1. The van der Waals surface area contributed by atoms with Gasteiger partial charge < -0.3 is 10.1 Å². The van der Waals surface area contributed by atoms with Gasteiger partial charge in [0.2, 0.25) is 0 Å². The van der Waals surface area contributed by atoms with Crippen molar-refractivity contribution >= 4 is 11.7 Å². The normalized spacial score (nSPS) is 26.1. The molecule has 3 rings (SSSR count). The molecule has 0 amide bonds. The molecule has 0 radical (unpaired) electrons. The number of hydrogen-bond donors (Lipinski definition) is 1. The Kier molecular flexibility index (Phi) is 3.54. The Morgan fingerprint density at radius 2 is 2.00 bits per heavy atom. The van der Waals surface area contributed by atoms with E-state index in [1.807, 2.05) is 20.8 Å². The smallest absolute Gasteiger partial charge is 0.329 e. The number of aryl methyl sites for hydroxylation is 1. The summed E-state index contributed by atoms with van der Waals surface area (Å²) in [5.74, 6) is 0.426. The molecule has 3 nitrogen and oxygen atoms in total. The standard InChI is InChI=1S/C19H25NO2/c1-11-9-10-15-13-7-6-8-14(13)17(20-16(15)12(11)2)18(21)22-19(3,4)5/h6-7,9-10,13-14,17,20H,8H2,1-5H3/t13-,14+,17-/m0/s1. The number of carbonyl (C=O) groups excluding carboxylic acids is 1. The van der Waals surface area contributed by atoms with Crippen molar-refractivity contribution in [1.82, 2.24) is 0 Å². The molecule has 1 aromatic rings. The molecule has 22 heavy (non-hydrogen) atoms. The maximum absolute atomic E-state index is 12.6. The molecule has 2 aliphatic rings. The van der Waals surface area contributed by atoms with E-state index in [9.17, 15) is 4.79 Å². The van der Waals surface area contributed by atoms with Crippen LogP contribution in [-0.2, 0) is 9.53 Å². The van der Waals surface area contributed by atoms with Crippen LogP contribution in [0.5, 0.6) is 0 Å². The molecular formula is C19H25NO2. The predicted molar refractivity (Wildman–Crippen MR) is 89.2 cm³/mol. The molecule has 118 valence electrons. The van der Waals surface area contributed by atoms with Crippen molar-refractivity contribution in [3.05, 3.63) is 41.0 Å². The Labute approximate surface area is 132 Å². The third kappa shape index (κ3) is 2.53. The molecule has 0 saturated heterocycles. The average Bonchev–Trinajstić information content (AvgIpc) is 2.89. The predicted octanol–water partition coefficient (Wildman–Crippen LogP) is 4.10. The second-order valence-electron chi connectivity index (χ2n) is 7.48. The fraction of sp³-hybridized carbons (Fsp3) is 0.526. The molecule has 0 bridgehead atoms. The van der Waals surface area contributed by atoms with Crippen molar-refractivity contribution in [1.29, 1.82) is 0 Å². The molecule has 0 unspecified atom stereocenters. The fourth-order valence-electron chi connectivity index (χ4n) is 3.52. The lowest BCUT2D eigenvalue weighted by Gasteiger charge is -2.38. The number of carbonyl (C=O) groups is 1. The summed E-state index contributed by atoms with van der Waals surface area (Å²) in [6, 6.07) is 4.10. The van der Waals surface area contributed by atoms with E-state index in [0.717, 1.165) is 12.1 Å². The lowest BCUT2D eigenvalue weighted by molar-refractivity contribution is -0.157. The van der Waals surface area contributed by atoms with E-state index < -0.39 is 5.60 Å². The number of hydrogen-bond acceptors (Lipinski definition) is 3. The summed E-state index contributed by atoms with van der Waals surface area (Å²) in [6.07, 6.45) is 5.36. The van der Waals surface area contributed by atoms with Crippen molar-refractivity contribution in [3.8, 4) is 0 Å². The van der Waals surface area contributed by atoms with Gasteiger partial charge in [0.05, 0.1) is 0 Å². The molecule has 0 aromatic heterocycles. The van der Waals surface area contributed by atoms with E-state index in [1.54, 1.807) is 0 Å². The van der Waals surface area contributed by atoms with Gasteiger partial charge in [-0.1, -0.05) is 24.3 Å². The fourth-order valence-corrected chi connectivity index (χ4v) is 3.52. The van der Waals surface area contributed by atoms with Gasteiger partial charge >= 0.3 is 5.97 Å². The van der Waals surface area contributed by atoms with E-state index in [1.165, 1.54) is 16.7 Å². The third-order valence-electron chi connectivity index (χ3n) is 4.73. The first-order valence-corrected chi connectivity index (χ1v) is 8.04. The van der Waals surface area contributed by atoms with E-state index in [-0.39, 0.29) is 17.9 Å². The Hall–Kier alpha value is -1.77. The molecule has 1 aliphatic carbocycles. The molecule has 0 spiro atoms. The highest BCUT2D eigenvalue weighted by atomic mass is 16.6. The number of ether oxygens (including phenoxy) is 1. The van der Waals surface area contributed by atoms with Crippen molar-refractivity contribution < 1.29 is 9.53 Å². The molecule has 0 saturated carbocycles. The Morgan fingerprint density at radius 3 is 2.68 bits per heavy atom. The van der Waals surface area contributed by atoms with E-state index in [4.69, 9.17) is 4.74 Å². The van der Waals surface area contributed by atoms with Crippen LogP contribution in [0.3, 0.4) is 0 Å². The van der Waals surface area contributed by atoms with Gasteiger partial charge in [0, 0.05) is 17.5 Å². The second kappa shape index (κ2) is 5.15. The Bertz CT molecular complexity index is 640. The van der Waals surface area contributed by atoms with Gasteiger partial charge in [0.1, 0.15) is 11.6 Å². The second-order valence-corrected chi connectivity index (χ2v) is 7.48. The molecular weight excluding hydrogens is 274 g/mol. The van der Waals surface area contributed by atoms with Crippen LogP contribution in [0.1, 0.15) is 49.8 Å². The number of allylic oxidation sites excluding steroid dienone is 2. The minimum absolute atomic E-state index is 0.141. The van der Waals surface area contributed by atoms with Crippen molar-refractivity contribution in [3.63, 3.8) is 0 Å². The topological polar surface area (TPSA) is 38.3 Å². The minimum atomic E-state index is -0.456. The third-order valence-corrected chi connectivity index (χ3v) is 4.73. The Balaban J connectivity index is 1.98.